The first kappa shape index (κ1) is 32.8. The van der Waals surface area contributed by atoms with Gasteiger partial charge in [0.25, 0.3) is 0 Å². The summed E-state index contributed by atoms with van der Waals surface area (Å²) in [4.78, 5) is 25.2. The molecule has 0 bridgehead atoms. The van der Waals surface area contributed by atoms with Crippen molar-refractivity contribution in [1.29, 1.82) is 0 Å². The monoisotopic (exact) mass is 676 g/mol. The quantitative estimate of drug-likeness (QED) is 0.330. The highest BCUT2D eigenvalue weighted by Crippen LogP contribution is 2.38. The zero-order valence-corrected chi connectivity index (χ0v) is 26.2. The molecule has 1 amide bonds. The first-order valence-corrected chi connectivity index (χ1v) is 17.3. The van der Waals surface area contributed by atoms with Gasteiger partial charge in [-0.2, -0.15) is 25.9 Å². The zero-order valence-electron chi connectivity index (χ0n) is 24.6. The standard InChI is InChI=1S/C25H31F3N8O7S2/c1-32(24(37)43-45(3,40)41)21-13-19(25(26,27)28)18(14-29-21)22-30-23(34-8-10-42-11-9-34)20-12-17(16-36(20)31-22)15-33-4-6-35(7-5-33)44(2,38)39/h12-14,16H,4-11,15H2,1-3H3. The van der Waals surface area contributed by atoms with E-state index in [0.717, 1.165) is 18.8 Å². The summed E-state index contributed by atoms with van der Waals surface area (Å²) in [6.45, 7) is 3.83. The van der Waals surface area contributed by atoms with Gasteiger partial charge in [-0.3, -0.25) is 9.80 Å². The summed E-state index contributed by atoms with van der Waals surface area (Å²) in [7, 11) is -6.49. The summed E-state index contributed by atoms with van der Waals surface area (Å²) < 4.78 is 102. The number of hydrogen-bond donors (Lipinski definition) is 0. The Bertz CT molecular complexity index is 1800. The summed E-state index contributed by atoms with van der Waals surface area (Å²) in [5.41, 5.74) is -0.291. The van der Waals surface area contributed by atoms with Crippen molar-refractivity contribution in [3.05, 3.63) is 35.7 Å². The number of nitrogens with zero attached hydrogens (tertiary/aromatic N) is 8. The van der Waals surface area contributed by atoms with Crippen LogP contribution in [0.5, 0.6) is 0 Å². The molecule has 3 aromatic rings. The largest absolute Gasteiger partial charge is 0.430 e. The van der Waals surface area contributed by atoms with Gasteiger partial charge in [0.05, 0.1) is 36.9 Å². The van der Waals surface area contributed by atoms with Crippen LogP contribution < -0.4 is 9.80 Å². The molecule has 0 saturated carbocycles. The molecule has 2 saturated heterocycles. The fraction of sp³-hybridized carbons (Fsp3) is 0.520. The summed E-state index contributed by atoms with van der Waals surface area (Å²) in [6, 6.07) is 2.45. The molecule has 0 aromatic carbocycles. The van der Waals surface area contributed by atoms with Gasteiger partial charge in [-0.05, 0) is 17.7 Å². The number of anilines is 2. The summed E-state index contributed by atoms with van der Waals surface area (Å²) in [5.74, 6) is -0.392. The van der Waals surface area contributed by atoms with Crippen molar-refractivity contribution in [2.45, 2.75) is 12.7 Å². The minimum atomic E-state index is -4.93. The molecule has 5 heterocycles. The van der Waals surface area contributed by atoms with Crippen LogP contribution in [0.15, 0.2) is 24.5 Å². The number of halogens is 3. The molecule has 0 aliphatic carbocycles. The third-order valence-corrected chi connectivity index (χ3v) is 9.04. The molecule has 0 N–H and O–H groups in total. The van der Waals surface area contributed by atoms with Crippen molar-refractivity contribution in [2.75, 3.05) is 81.8 Å². The molecule has 5 rings (SSSR count). The van der Waals surface area contributed by atoms with Gasteiger partial charge in [-0.1, -0.05) is 0 Å². The van der Waals surface area contributed by atoms with Crippen LogP contribution in [0.1, 0.15) is 11.1 Å². The summed E-state index contributed by atoms with van der Waals surface area (Å²) in [6.07, 6.45) is -2.00. The number of carbonyl (C=O) groups excluding carboxylic acids is 1. The molecular formula is C25H31F3N8O7S2. The van der Waals surface area contributed by atoms with E-state index < -0.39 is 49.4 Å². The van der Waals surface area contributed by atoms with Gasteiger partial charge in [0.15, 0.2) is 11.6 Å². The molecule has 2 aliphatic rings. The minimum Gasteiger partial charge on any atom is -0.378 e. The molecular weight excluding hydrogens is 645 g/mol. The van der Waals surface area contributed by atoms with Crippen molar-refractivity contribution in [3.8, 4) is 11.4 Å². The number of amides is 1. The minimum absolute atomic E-state index is 0.277. The lowest BCUT2D eigenvalue weighted by atomic mass is 10.1. The highest BCUT2D eigenvalue weighted by atomic mass is 32.2. The van der Waals surface area contributed by atoms with Crippen LogP contribution in [-0.4, -0.2) is 124 Å². The Labute approximate surface area is 257 Å². The Kier molecular flexibility index (Phi) is 8.97. The molecule has 45 heavy (non-hydrogen) atoms. The van der Waals surface area contributed by atoms with Crippen molar-refractivity contribution < 1.29 is 43.7 Å². The average molecular weight is 677 g/mol. The maximum absolute atomic E-state index is 14.4. The van der Waals surface area contributed by atoms with E-state index in [1.165, 1.54) is 15.1 Å². The topological polar surface area (TPSA) is 160 Å². The summed E-state index contributed by atoms with van der Waals surface area (Å²) >= 11 is 0. The highest BCUT2D eigenvalue weighted by Gasteiger charge is 2.37. The van der Waals surface area contributed by atoms with Crippen LogP contribution in [-0.2, 0) is 41.8 Å². The second-order valence-corrected chi connectivity index (χ2v) is 14.2. The van der Waals surface area contributed by atoms with E-state index in [-0.39, 0.29) is 5.82 Å². The van der Waals surface area contributed by atoms with Gasteiger partial charge in [0.1, 0.15) is 11.3 Å². The van der Waals surface area contributed by atoms with Crippen molar-refractivity contribution in [1.82, 2.24) is 28.8 Å². The van der Waals surface area contributed by atoms with E-state index in [4.69, 9.17) is 4.74 Å². The molecule has 3 aromatic heterocycles. The second-order valence-electron chi connectivity index (χ2n) is 10.7. The van der Waals surface area contributed by atoms with Crippen LogP contribution in [0.25, 0.3) is 16.9 Å². The number of fused-ring (bicyclic) bond motifs is 1. The van der Waals surface area contributed by atoms with Crippen molar-refractivity contribution in [2.24, 2.45) is 0 Å². The number of morpholine rings is 1. The number of rotatable bonds is 7. The fourth-order valence-electron chi connectivity index (χ4n) is 5.04. The van der Waals surface area contributed by atoms with E-state index in [9.17, 15) is 34.8 Å². The van der Waals surface area contributed by atoms with Crippen LogP contribution >= 0.6 is 0 Å². The van der Waals surface area contributed by atoms with E-state index in [0.29, 0.717) is 87.6 Å². The van der Waals surface area contributed by atoms with Gasteiger partial charge < -0.3 is 13.8 Å². The predicted molar refractivity (Wildman–Crippen MR) is 156 cm³/mol. The summed E-state index contributed by atoms with van der Waals surface area (Å²) in [5, 5.41) is 4.41. The van der Waals surface area contributed by atoms with Crippen LogP contribution in [0, 0.1) is 0 Å². The molecule has 0 radical (unpaired) electrons. The zero-order chi connectivity index (χ0) is 32.7. The Morgan fingerprint density at radius 3 is 2.31 bits per heavy atom. The molecule has 20 heteroatoms. The van der Waals surface area contributed by atoms with Crippen LogP contribution in [0.3, 0.4) is 0 Å². The van der Waals surface area contributed by atoms with E-state index in [1.807, 2.05) is 11.0 Å². The molecule has 15 nitrogen and oxygen atoms in total. The van der Waals surface area contributed by atoms with Gasteiger partial charge >= 0.3 is 22.4 Å². The molecule has 0 spiro atoms. The number of carbonyl (C=O) groups is 1. The highest BCUT2D eigenvalue weighted by molar-refractivity contribution is 7.88. The fourth-order valence-corrected chi connectivity index (χ4v) is 6.24. The third-order valence-electron chi connectivity index (χ3n) is 7.29. The van der Waals surface area contributed by atoms with Crippen molar-refractivity contribution in [3.63, 3.8) is 0 Å². The first-order chi connectivity index (χ1) is 21.0. The normalized spacial score (nSPS) is 17.5. The lowest BCUT2D eigenvalue weighted by Gasteiger charge is -2.32. The lowest BCUT2D eigenvalue weighted by molar-refractivity contribution is -0.137. The molecule has 2 aliphatic heterocycles. The number of piperazine rings is 1. The number of pyridine rings is 1. The maximum atomic E-state index is 14.4. The predicted octanol–water partition coefficient (Wildman–Crippen LogP) is 1.26. The molecule has 0 unspecified atom stereocenters. The van der Waals surface area contributed by atoms with Gasteiger partial charge in [0, 0.05) is 65.3 Å². The number of ether oxygens (including phenoxy) is 1. The Balaban J connectivity index is 1.53. The van der Waals surface area contributed by atoms with E-state index >= 15 is 0 Å². The number of alkyl halides is 3. The third kappa shape index (κ3) is 7.63. The smallest absolute Gasteiger partial charge is 0.378 e. The van der Waals surface area contributed by atoms with E-state index in [1.54, 1.807) is 6.20 Å². The van der Waals surface area contributed by atoms with Gasteiger partial charge in [-0.25, -0.2) is 27.7 Å². The van der Waals surface area contributed by atoms with Crippen molar-refractivity contribution >= 4 is 43.4 Å². The Morgan fingerprint density at radius 2 is 1.71 bits per heavy atom. The molecule has 246 valence electrons. The van der Waals surface area contributed by atoms with Gasteiger partial charge in [0.2, 0.25) is 10.0 Å². The number of hydrogen-bond acceptors (Lipinski definition) is 12. The molecule has 0 atom stereocenters. The SMILES string of the molecule is CN(C(=O)OS(C)(=O)=O)c1cc(C(F)(F)F)c(-c2nc(N3CCOCC3)c3cc(CN4CCN(S(C)(=O)=O)CC4)cn3n2)cn1. The van der Waals surface area contributed by atoms with E-state index in [2.05, 4.69) is 24.1 Å². The van der Waals surface area contributed by atoms with Crippen LogP contribution in [0.4, 0.5) is 29.6 Å². The Morgan fingerprint density at radius 1 is 1.04 bits per heavy atom. The number of aromatic nitrogens is 4. The first-order valence-electron chi connectivity index (χ1n) is 13.6. The maximum Gasteiger partial charge on any atom is 0.430 e. The number of sulfonamides is 1. The average Bonchev–Trinajstić information content (AvgIpc) is 3.37. The second kappa shape index (κ2) is 12.3. The Hall–Kier alpha value is -3.59. The van der Waals surface area contributed by atoms with Gasteiger partial charge in [-0.15, -0.1) is 5.10 Å². The lowest BCUT2D eigenvalue weighted by Crippen LogP contribution is -2.47. The molecule has 2 fully saturated rings. The van der Waals surface area contributed by atoms with Crippen LogP contribution in [0.2, 0.25) is 0 Å².